The number of benzene rings is 1. The van der Waals surface area contributed by atoms with E-state index in [4.69, 9.17) is 11.6 Å². The average molecular weight is 305 g/mol. The minimum atomic E-state index is -0.741. The fourth-order valence-corrected chi connectivity index (χ4v) is 2.16. The molecular formula is C11H11BrClNO2. The summed E-state index contributed by atoms with van der Waals surface area (Å²) in [5, 5.41) is 10.1. The number of β-amino-alcohol motifs (C(OH)–C–C–N with tert-alkyl or cyclic N) is 1. The number of rotatable bonds is 1. The van der Waals surface area contributed by atoms with Gasteiger partial charge in [0.2, 0.25) is 0 Å². The smallest absolute Gasteiger partial charge is 0.254 e. The van der Waals surface area contributed by atoms with Crippen LogP contribution in [0.3, 0.4) is 0 Å². The molecular weight excluding hydrogens is 293 g/mol. The van der Waals surface area contributed by atoms with E-state index in [-0.39, 0.29) is 5.91 Å². The molecule has 1 N–H and O–H groups in total. The maximum atomic E-state index is 11.9. The second-order valence-corrected chi connectivity index (χ2v) is 5.55. The standard InChI is InChI=1S/C11H11BrClNO2/c1-11(16)5-14(6-11)10(15)7-2-3-8(12)9(13)4-7/h2-4,16H,5-6H2,1H3. The molecule has 0 radical (unpaired) electrons. The highest BCUT2D eigenvalue weighted by Gasteiger charge is 2.39. The molecule has 0 saturated carbocycles. The highest BCUT2D eigenvalue weighted by molar-refractivity contribution is 9.10. The van der Waals surface area contributed by atoms with E-state index in [1.807, 2.05) is 0 Å². The Morgan fingerprint density at radius 3 is 2.69 bits per heavy atom. The molecule has 0 aliphatic carbocycles. The first-order chi connectivity index (χ1) is 7.39. The number of nitrogens with zero attached hydrogens (tertiary/aromatic N) is 1. The van der Waals surface area contributed by atoms with Gasteiger partial charge in [0.25, 0.3) is 5.91 Å². The van der Waals surface area contributed by atoms with Crippen LogP contribution in [0.1, 0.15) is 17.3 Å². The van der Waals surface area contributed by atoms with Crippen LogP contribution < -0.4 is 0 Å². The summed E-state index contributed by atoms with van der Waals surface area (Å²) in [7, 11) is 0. The molecule has 16 heavy (non-hydrogen) atoms. The first kappa shape index (κ1) is 11.9. The van der Waals surface area contributed by atoms with Gasteiger partial charge in [0.1, 0.15) is 0 Å². The van der Waals surface area contributed by atoms with Crippen LogP contribution in [0.2, 0.25) is 5.02 Å². The first-order valence-electron chi connectivity index (χ1n) is 4.86. The Morgan fingerprint density at radius 2 is 2.19 bits per heavy atom. The molecule has 2 rings (SSSR count). The molecule has 0 atom stereocenters. The predicted octanol–water partition coefficient (Wildman–Crippen LogP) is 2.31. The monoisotopic (exact) mass is 303 g/mol. The highest BCUT2D eigenvalue weighted by Crippen LogP contribution is 2.26. The van der Waals surface area contributed by atoms with E-state index in [0.717, 1.165) is 4.47 Å². The Kier molecular flexibility index (Phi) is 2.99. The predicted molar refractivity (Wildman–Crippen MR) is 65.7 cm³/mol. The summed E-state index contributed by atoms with van der Waals surface area (Å²) in [4.78, 5) is 13.5. The highest BCUT2D eigenvalue weighted by atomic mass is 79.9. The lowest BCUT2D eigenvalue weighted by atomic mass is 9.96. The van der Waals surface area contributed by atoms with Crippen LogP contribution in [0.25, 0.3) is 0 Å². The summed E-state index contributed by atoms with van der Waals surface area (Å²) < 4.78 is 0.765. The zero-order valence-corrected chi connectivity index (χ0v) is 11.0. The molecule has 1 fully saturated rings. The van der Waals surface area contributed by atoms with Crippen LogP contribution in [0, 0.1) is 0 Å². The number of amides is 1. The summed E-state index contributed by atoms with van der Waals surface area (Å²) in [5.41, 5.74) is -0.196. The molecule has 86 valence electrons. The van der Waals surface area contributed by atoms with Gasteiger partial charge in [-0.2, -0.15) is 0 Å². The lowest BCUT2D eigenvalue weighted by Crippen LogP contribution is -2.61. The molecule has 1 heterocycles. The van der Waals surface area contributed by atoms with Gasteiger partial charge in [0.15, 0.2) is 0 Å². The zero-order chi connectivity index (χ0) is 11.9. The first-order valence-corrected chi connectivity index (χ1v) is 6.03. The second kappa shape index (κ2) is 4.02. The van der Waals surface area contributed by atoms with E-state index in [1.165, 1.54) is 0 Å². The van der Waals surface area contributed by atoms with Gasteiger partial charge in [-0.15, -0.1) is 0 Å². The van der Waals surface area contributed by atoms with Crippen LogP contribution in [-0.2, 0) is 0 Å². The van der Waals surface area contributed by atoms with Crippen molar-refractivity contribution in [2.45, 2.75) is 12.5 Å². The molecule has 1 aromatic rings. The van der Waals surface area contributed by atoms with Crippen LogP contribution in [-0.4, -0.2) is 34.6 Å². The Balaban J connectivity index is 2.13. The summed E-state index contributed by atoms with van der Waals surface area (Å²) in [6.07, 6.45) is 0. The minimum Gasteiger partial charge on any atom is -0.386 e. The normalized spacial score (nSPS) is 18.1. The van der Waals surface area contributed by atoms with Gasteiger partial charge >= 0.3 is 0 Å². The van der Waals surface area contributed by atoms with Crippen LogP contribution in [0.4, 0.5) is 0 Å². The largest absolute Gasteiger partial charge is 0.386 e. The van der Waals surface area contributed by atoms with Crippen LogP contribution >= 0.6 is 27.5 Å². The molecule has 1 amide bonds. The van der Waals surface area contributed by atoms with Gasteiger partial charge in [-0.25, -0.2) is 0 Å². The van der Waals surface area contributed by atoms with Crippen molar-refractivity contribution in [1.82, 2.24) is 4.90 Å². The Bertz CT molecular complexity index is 440. The number of hydrogen-bond donors (Lipinski definition) is 1. The summed E-state index contributed by atoms with van der Waals surface area (Å²) in [6, 6.07) is 5.08. The molecule has 0 bridgehead atoms. The topological polar surface area (TPSA) is 40.5 Å². The lowest BCUT2D eigenvalue weighted by molar-refractivity contribution is -0.0668. The van der Waals surface area contributed by atoms with Crippen molar-refractivity contribution in [3.63, 3.8) is 0 Å². The quantitative estimate of drug-likeness (QED) is 0.865. The molecule has 5 heteroatoms. The van der Waals surface area contributed by atoms with Gasteiger partial charge in [-0.05, 0) is 41.1 Å². The molecule has 3 nitrogen and oxygen atoms in total. The van der Waals surface area contributed by atoms with Gasteiger partial charge in [0.05, 0.1) is 23.7 Å². The average Bonchev–Trinajstić information content (AvgIpc) is 2.17. The number of hydrogen-bond acceptors (Lipinski definition) is 2. The maximum Gasteiger partial charge on any atom is 0.254 e. The van der Waals surface area contributed by atoms with Gasteiger partial charge < -0.3 is 10.0 Å². The third-order valence-electron chi connectivity index (χ3n) is 2.52. The number of halogens is 2. The third kappa shape index (κ3) is 2.24. The van der Waals surface area contributed by atoms with Crippen molar-refractivity contribution in [3.05, 3.63) is 33.3 Å². The molecule has 1 saturated heterocycles. The maximum absolute atomic E-state index is 11.9. The molecule has 1 aromatic carbocycles. The van der Waals surface area contributed by atoms with E-state index >= 15 is 0 Å². The Labute approximate surface area is 107 Å². The fraction of sp³-hybridized carbons (Fsp3) is 0.364. The lowest BCUT2D eigenvalue weighted by Gasteiger charge is -2.44. The van der Waals surface area contributed by atoms with E-state index < -0.39 is 5.60 Å². The van der Waals surface area contributed by atoms with E-state index in [9.17, 15) is 9.90 Å². The van der Waals surface area contributed by atoms with Crippen molar-refractivity contribution in [1.29, 1.82) is 0 Å². The number of likely N-dealkylation sites (tertiary alicyclic amines) is 1. The molecule has 0 spiro atoms. The van der Waals surface area contributed by atoms with Crippen LogP contribution in [0.15, 0.2) is 22.7 Å². The van der Waals surface area contributed by atoms with E-state index in [1.54, 1.807) is 30.0 Å². The number of carbonyl (C=O) groups is 1. The van der Waals surface area contributed by atoms with Crippen molar-refractivity contribution >= 4 is 33.4 Å². The summed E-state index contributed by atoms with van der Waals surface area (Å²) in [6.45, 7) is 2.46. The Hall–Kier alpha value is -0.580. The Morgan fingerprint density at radius 1 is 1.56 bits per heavy atom. The molecule has 0 unspecified atom stereocenters. The van der Waals surface area contributed by atoms with Gasteiger partial charge in [-0.1, -0.05) is 11.6 Å². The van der Waals surface area contributed by atoms with Gasteiger partial charge in [-0.3, -0.25) is 4.79 Å². The third-order valence-corrected chi connectivity index (χ3v) is 3.75. The van der Waals surface area contributed by atoms with Gasteiger partial charge in [0, 0.05) is 10.0 Å². The SMILES string of the molecule is CC1(O)CN(C(=O)c2ccc(Br)c(Cl)c2)C1. The van der Waals surface area contributed by atoms with Crippen molar-refractivity contribution in [2.24, 2.45) is 0 Å². The summed E-state index contributed by atoms with van der Waals surface area (Å²) in [5.74, 6) is -0.0964. The van der Waals surface area contributed by atoms with E-state index in [0.29, 0.717) is 23.7 Å². The molecule has 1 aliphatic heterocycles. The minimum absolute atomic E-state index is 0.0964. The zero-order valence-electron chi connectivity index (χ0n) is 8.70. The van der Waals surface area contributed by atoms with Crippen molar-refractivity contribution in [2.75, 3.05) is 13.1 Å². The summed E-state index contributed by atoms with van der Waals surface area (Å²) >= 11 is 9.18. The van der Waals surface area contributed by atoms with Crippen molar-refractivity contribution < 1.29 is 9.90 Å². The van der Waals surface area contributed by atoms with Crippen LogP contribution in [0.5, 0.6) is 0 Å². The second-order valence-electron chi connectivity index (χ2n) is 4.29. The van der Waals surface area contributed by atoms with E-state index in [2.05, 4.69) is 15.9 Å². The number of carbonyl (C=O) groups excluding carboxylic acids is 1. The molecule has 1 aliphatic rings. The fourth-order valence-electron chi connectivity index (χ4n) is 1.73. The number of aliphatic hydroxyl groups is 1. The van der Waals surface area contributed by atoms with Crippen molar-refractivity contribution in [3.8, 4) is 0 Å². The molecule has 0 aromatic heterocycles.